The molecular weight excluding hydrogens is 384 g/mol. The lowest BCUT2D eigenvalue weighted by atomic mass is 9.74. The molecule has 0 saturated carbocycles. The summed E-state index contributed by atoms with van der Waals surface area (Å²) in [4.78, 5) is 12.3. The molecule has 7 heteroatoms. The second kappa shape index (κ2) is 7.54. The van der Waals surface area contributed by atoms with Gasteiger partial charge in [0.2, 0.25) is 0 Å². The molecule has 1 saturated heterocycles. The third-order valence-electron chi connectivity index (χ3n) is 5.74. The number of halogens is 1. The quantitative estimate of drug-likeness (QED) is 0.702. The molecule has 162 valence electrons. The maximum Gasteiger partial charge on any atom is 0.495 e. The number of amides is 1. The van der Waals surface area contributed by atoms with E-state index in [0.29, 0.717) is 10.8 Å². The summed E-state index contributed by atoms with van der Waals surface area (Å²) < 4.78 is 33.2. The van der Waals surface area contributed by atoms with Crippen molar-refractivity contribution in [2.24, 2.45) is 0 Å². The van der Waals surface area contributed by atoms with Gasteiger partial charge in [0.1, 0.15) is 5.60 Å². The highest BCUT2D eigenvalue weighted by Crippen LogP contribution is 2.38. The Balaban J connectivity index is 2.15. The molecule has 2 aromatic rings. The third kappa shape index (κ3) is 4.19. The molecule has 5 nitrogen and oxygen atoms in total. The topological polar surface area (TPSA) is 56.8 Å². The smallest absolute Gasteiger partial charge is 0.444 e. The van der Waals surface area contributed by atoms with Gasteiger partial charge in [0.25, 0.3) is 0 Å². The van der Waals surface area contributed by atoms with E-state index in [2.05, 4.69) is 5.32 Å². The predicted molar refractivity (Wildman–Crippen MR) is 119 cm³/mol. The average molecular weight is 415 g/mol. The molecule has 30 heavy (non-hydrogen) atoms. The van der Waals surface area contributed by atoms with Crippen molar-refractivity contribution >= 4 is 35.1 Å². The predicted octanol–water partition coefficient (Wildman–Crippen LogP) is 5.19. The van der Waals surface area contributed by atoms with E-state index in [0.717, 1.165) is 17.4 Å². The number of hydrogen-bond acceptors (Lipinski definition) is 4. The van der Waals surface area contributed by atoms with Crippen LogP contribution in [0.4, 0.5) is 14.9 Å². The highest BCUT2D eigenvalue weighted by molar-refractivity contribution is 6.65. The van der Waals surface area contributed by atoms with Crippen molar-refractivity contribution < 1.29 is 23.2 Å². The van der Waals surface area contributed by atoms with Gasteiger partial charge < -0.3 is 14.0 Å². The molecule has 1 heterocycles. The summed E-state index contributed by atoms with van der Waals surface area (Å²) in [6, 6.07) is 7.09. The molecule has 1 aliphatic heterocycles. The van der Waals surface area contributed by atoms with Crippen molar-refractivity contribution in [3.63, 3.8) is 0 Å². The van der Waals surface area contributed by atoms with E-state index in [1.165, 1.54) is 0 Å². The van der Waals surface area contributed by atoms with Gasteiger partial charge in [-0.25, -0.2) is 9.18 Å². The number of carbonyl (C=O) groups excluding carboxylic acids is 1. The van der Waals surface area contributed by atoms with Gasteiger partial charge in [-0.3, -0.25) is 5.32 Å². The first-order chi connectivity index (χ1) is 13.8. The van der Waals surface area contributed by atoms with Gasteiger partial charge in [-0.15, -0.1) is 0 Å². The highest BCUT2D eigenvalue weighted by Gasteiger charge is 2.52. The van der Waals surface area contributed by atoms with Crippen LogP contribution in [0.3, 0.4) is 0 Å². The molecule has 0 unspecified atom stereocenters. The van der Waals surface area contributed by atoms with Crippen LogP contribution in [0, 0.1) is 5.82 Å². The van der Waals surface area contributed by atoms with E-state index in [9.17, 15) is 4.79 Å². The molecule has 0 bridgehead atoms. The molecule has 0 aliphatic carbocycles. The molecular formula is C23H31BFNO4. The van der Waals surface area contributed by atoms with E-state index >= 15 is 4.39 Å². The number of anilines is 1. The fourth-order valence-electron chi connectivity index (χ4n) is 3.52. The van der Waals surface area contributed by atoms with Crippen molar-refractivity contribution in [3.8, 4) is 0 Å². The minimum absolute atomic E-state index is 0.0368. The second-order valence-electron chi connectivity index (χ2n) is 9.74. The van der Waals surface area contributed by atoms with Crippen LogP contribution in [0.5, 0.6) is 0 Å². The summed E-state index contributed by atoms with van der Waals surface area (Å²) in [6.07, 6.45) is 0.00884. The number of nitrogens with one attached hydrogen (secondary N) is 1. The van der Waals surface area contributed by atoms with Crippen LogP contribution in [0.1, 0.15) is 61.0 Å². The zero-order valence-corrected chi connectivity index (χ0v) is 19.1. The number of carbonyl (C=O) groups is 1. The monoisotopic (exact) mass is 415 g/mol. The molecule has 3 rings (SSSR count). The summed E-state index contributed by atoms with van der Waals surface area (Å²) in [5.74, 6) is -0.508. The van der Waals surface area contributed by atoms with Crippen LogP contribution in [0.2, 0.25) is 0 Å². The van der Waals surface area contributed by atoms with Gasteiger partial charge >= 0.3 is 13.2 Å². The third-order valence-corrected chi connectivity index (χ3v) is 5.74. The summed E-state index contributed by atoms with van der Waals surface area (Å²) in [5, 5.41) is 3.72. The van der Waals surface area contributed by atoms with Gasteiger partial charge in [-0.1, -0.05) is 25.1 Å². The fraction of sp³-hybridized carbons (Fsp3) is 0.522. The number of fused-ring (bicyclic) bond motifs is 1. The number of rotatable bonds is 3. The standard InChI is InChI=1S/C23H31BFNO4/c1-9-14-11-10-12-15-18(14)16(24-29-22(5,6)23(7,8)30-24)13-17(19(15)25)26-20(27)28-21(2,3)4/h10-13H,9H2,1-8H3,(H,26,27). The first-order valence-corrected chi connectivity index (χ1v) is 10.4. The largest absolute Gasteiger partial charge is 0.495 e. The number of benzene rings is 2. The van der Waals surface area contributed by atoms with Crippen LogP contribution in [0.15, 0.2) is 24.3 Å². The Labute approximate surface area is 178 Å². The Kier molecular flexibility index (Phi) is 5.67. The van der Waals surface area contributed by atoms with Crippen LogP contribution < -0.4 is 10.8 Å². The zero-order chi connectivity index (χ0) is 22.5. The number of ether oxygens (including phenoxy) is 1. The Morgan fingerprint density at radius 3 is 2.30 bits per heavy atom. The van der Waals surface area contributed by atoms with Gasteiger partial charge in [-0.2, -0.15) is 0 Å². The first kappa shape index (κ1) is 22.6. The summed E-state index contributed by atoms with van der Waals surface area (Å²) in [7, 11) is -0.690. The molecule has 1 N–H and O–H groups in total. The van der Waals surface area contributed by atoms with Crippen molar-refractivity contribution in [2.45, 2.75) is 78.6 Å². The second-order valence-corrected chi connectivity index (χ2v) is 9.74. The van der Waals surface area contributed by atoms with Crippen molar-refractivity contribution in [3.05, 3.63) is 35.6 Å². The van der Waals surface area contributed by atoms with Crippen LogP contribution in [-0.4, -0.2) is 30.0 Å². The Morgan fingerprint density at radius 2 is 1.77 bits per heavy atom. The fourth-order valence-corrected chi connectivity index (χ4v) is 3.52. The van der Waals surface area contributed by atoms with Crippen LogP contribution in [-0.2, 0) is 20.5 Å². The lowest BCUT2D eigenvalue weighted by Crippen LogP contribution is -2.41. The molecule has 1 aliphatic rings. The minimum Gasteiger partial charge on any atom is -0.444 e. The average Bonchev–Trinajstić information content (AvgIpc) is 2.82. The van der Waals surface area contributed by atoms with Gasteiger partial charge in [0.05, 0.1) is 16.9 Å². The maximum absolute atomic E-state index is 15.4. The maximum atomic E-state index is 15.4. The Morgan fingerprint density at radius 1 is 1.17 bits per heavy atom. The van der Waals surface area contributed by atoms with E-state index in [1.54, 1.807) is 32.9 Å². The molecule has 0 radical (unpaired) electrons. The lowest BCUT2D eigenvalue weighted by Gasteiger charge is -2.32. The summed E-state index contributed by atoms with van der Waals surface area (Å²) in [6.45, 7) is 15.2. The molecule has 1 amide bonds. The lowest BCUT2D eigenvalue weighted by molar-refractivity contribution is 0.00578. The zero-order valence-electron chi connectivity index (χ0n) is 19.1. The summed E-state index contributed by atoms with van der Waals surface area (Å²) >= 11 is 0. The Hall–Kier alpha value is -2.12. The Bertz CT molecular complexity index is 965. The van der Waals surface area contributed by atoms with Crippen molar-refractivity contribution in [2.75, 3.05) is 5.32 Å². The highest BCUT2D eigenvalue weighted by atomic mass is 19.1. The van der Waals surface area contributed by atoms with Crippen molar-refractivity contribution in [1.82, 2.24) is 0 Å². The van der Waals surface area contributed by atoms with E-state index in [-0.39, 0.29) is 5.69 Å². The molecule has 0 atom stereocenters. The molecule has 0 spiro atoms. The normalized spacial score (nSPS) is 18.0. The van der Waals surface area contributed by atoms with Crippen LogP contribution >= 0.6 is 0 Å². The molecule has 0 aromatic heterocycles. The first-order valence-electron chi connectivity index (χ1n) is 10.4. The van der Waals surface area contributed by atoms with E-state index in [1.807, 2.05) is 46.8 Å². The number of hydrogen-bond donors (Lipinski definition) is 1. The minimum atomic E-state index is -0.715. The van der Waals surface area contributed by atoms with Gasteiger partial charge in [0.15, 0.2) is 5.82 Å². The van der Waals surface area contributed by atoms with Crippen molar-refractivity contribution in [1.29, 1.82) is 0 Å². The van der Waals surface area contributed by atoms with Gasteiger partial charge in [0, 0.05) is 5.39 Å². The molecule has 2 aromatic carbocycles. The van der Waals surface area contributed by atoms with Gasteiger partial charge in [-0.05, 0) is 77.4 Å². The van der Waals surface area contributed by atoms with Crippen LogP contribution in [0.25, 0.3) is 10.8 Å². The van der Waals surface area contributed by atoms with E-state index in [4.69, 9.17) is 14.0 Å². The summed E-state index contributed by atoms with van der Waals surface area (Å²) in [5.41, 5.74) is -0.0685. The van der Waals surface area contributed by atoms with E-state index < -0.39 is 35.8 Å². The molecule has 1 fully saturated rings. The number of aryl methyl sites for hydroxylation is 1. The SMILES string of the molecule is CCc1cccc2c(F)c(NC(=O)OC(C)(C)C)cc(B3OC(C)(C)C(C)(C)O3)c12.